The summed E-state index contributed by atoms with van der Waals surface area (Å²) in [6.45, 7) is 0. The van der Waals surface area contributed by atoms with Crippen LogP contribution in [0.25, 0.3) is 11.6 Å². The fourth-order valence-electron chi connectivity index (χ4n) is 4.67. The minimum atomic E-state index is -4.01. The number of H-pyrrole nitrogens is 1. The molecule has 11 heteroatoms. The van der Waals surface area contributed by atoms with Gasteiger partial charge in [-0.2, -0.15) is 0 Å². The van der Waals surface area contributed by atoms with Crippen LogP contribution in [-0.2, 0) is 32.5 Å². The van der Waals surface area contributed by atoms with Crippen LogP contribution >= 0.6 is 0 Å². The molecule has 0 saturated heterocycles. The Morgan fingerprint density at radius 1 is 1.11 bits per heavy atom. The van der Waals surface area contributed by atoms with Gasteiger partial charge in [-0.1, -0.05) is 0 Å². The van der Waals surface area contributed by atoms with Gasteiger partial charge in [0.1, 0.15) is 5.82 Å². The summed E-state index contributed by atoms with van der Waals surface area (Å²) in [6, 6.07) is 8.94. The van der Waals surface area contributed by atoms with Gasteiger partial charge in [-0.25, -0.2) is 12.8 Å². The van der Waals surface area contributed by atoms with Crippen LogP contribution in [0.4, 0.5) is 15.8 Å². The van der Waals surface area contributed by atoms with E-state index in [2.05, 4.69) is 15.0 Å². The third-order valence-electron chi connectivity index (χ3n) is 6.38. The van der Waals surface area contributed by atoms with Gasteiger partial charge < -0.3 is 15.4 Å². The number of carbonyl (C=O) groups excluding carboxylic acids is 2. The van der Waals surface area contributed by atoms with Crippen molar-refractivity contribution in [3.8, 4) is 0 Å². The molecule has 3 aromatic rings. The van der Waals surface area contributed by atoms with Gasteiger partial charge in [0.2, 0.25) is 0 Å². The summed E-state index contributed by atoms with van der Waals surface area (Å²) in [5, 5.41) is 11.9. The van der Waals surface area contributed by atoms with Crippen LogP contribution in [0, 0.1) is 5.82 Å². The molecular formula is C26H22FN3O6S. The molecule has 5 rings (SSSR count). The minimum absolute atomic E-state index is 0.0590. The van der Waals surface area contributed by atoms with E-state index in [1.807, 2.05) is 0 Å². The molecule has 190 valence electrons. The van der Waals surface area contributed by atoms with Crippen molar-refractivity contribution in [1.82, 2.24) is 4.98 Å². The van der Waals surface area contributed by atoms with Crippen LogP contribution in [0.3, 0.4) is 0 Å². The van der Waals surface area contributed by atoms with E-state index in [1.165, 1.54) is 12.1 Å². The van der Waals surface area contributed by atoms with E-state index < -0.39 is 27.7 Å². The number of fused-ring (bicyclic) bond motifs is 2. The number of halogens is 1. The largest absolute Gasteiger partial charge is 0.481 e. The van der Waals surface area contributed by atoms with Crippen molar-refractivity contribution in [2.24, 2.45) is 0 Å². The maximum Gasteiger partial charge on any atom is 0.303 e. The number of rotatable bonds is 7. The number of aromatic nitrogens is 1. The molecule has 1 aliphatic carbocycles. The van der Waals surface area contributed by atoms with Gasteiger partial charge in [0.25, 0.3) is 15.9 Å². The molecule has 0 saturated carbocycles. The number of aliphatic carboxylic acids is 1. The standard InChI is InChI=1S/C26H22FN3O6S/c27-14-4-7-16(8-5-14)37(35,36)30-15-6-10-20-18(12-15)19(26(34)29-20)13-22-17(9-11-24(32)33)25-21(28-22)2-1-3-23(25)31/h4-8,10,12-13,28,30H,1-3,9,11H2,(H,29,34)(H,32,33)/b19-13-. The number of aromatic amines is 1. The predicted octanol–water partition coefficient (Wildman–Crippen LogP) is 3.98. The number of carboxylic acids is 1. The molecule has 0 atom stereocenters. The van der Waals surface area contributed by atoms with Crippen molar-refractivity contribution >= 4 is 50.7 Å². The van der Waals surface area contributed by atoms with E-state index in [1.54, 1.807) is 12.1 Å². The van der Waals surface area contributed by atoms with Crippen LogP contribution in [0.2, 0.25) is 0 Å². The SMILES string of the molecule is O=C(O)CCc1c(/C=C2\C(=O)Nc3ccc(NS(=O)(=O)c4ccc(F)cc4)cc32)[nH]c2c1C(=O)CCC2. The van der Waals surface area contributed by atoms with Gasteiger partial charge in [-0.3, -0.25) is 19.1 Å². The average molecular weight is 524 g/mol. The van der Waals surface area contributed by atoms with E-state index in [4.69, 9.17) is 0 Å². The number of nitrogens with one attached hydrogen (secondary N) is 3. The molecule has 1 aliphatic heterocycles. The molecule has 0 fully saturated rings. The number of benzene rings is 2. The Balaban J connectivity index is 1.53. The van der Waals surface area contributed by atoms with Gasteiger partial charge in [-0.05, 0) is 73.4 Å². The Bertz CT molecular complexity index is 1590. The van der Waals surface area contributed by atoms with Crippen LogP contribution in [0.5, 0.6) is 0 Å². The Labute approximate surface area is 211 Å². The third-order valence-corrected chi connectivity index (χ3v) is 7.78. The van der Waals surface area contributed by atoms with Crippen LogP contribution < -0.4 is 10.0 Å². The molecule has 37 heavy (non-hydrogen) atoms. The average Bonchev–Trinajstić information content (AvgIpc) is 3.35. The predicted molar refractivity (Wildman–Crippen MR) is 134 cm³/mol. The Morgan fingerprint density at radius 2 is 1.86 bits per heavy atom. The second-order valence-electron chi connectivity index (χ2n) is 8.87. The van der Waals surface area contributed by atoms with E-state index >= 15 is 0 Å². The number of carboxylic acid groups (broad SMARTS) is 1. The highest BCUT2D eigenvalue weighted by Crippen LogP contribution is 2.37. The summed E-state index contributed by atoms with van der Waals surface area (Å²) in [5.41, 5.74) is 3.60. The molecule has 1 amide bonds. The molecule has 2 aromatic carbocycles. The molecule has 1 aromatic heterocycles. The summed E-state index contributed by atoms with van der Waals surface area (Å²) < 4.78 is 41.1. The normalized spacial score (nSPS) is 15.9. The number of aryl methyl sites for hydroxylation is 1. The number of ketones is 1. The zero-order valence-corrected chi connectivity index (χ0v) is 20.2. The summed E-state index contributed by atoms with van der Waals surface area (Å²) in [4.78, 5) is 39.8. The Hall–Kier alpha value is -4.25. The monoisotopic (exact) mass is 523 g/mol. The number of hydrogen-bond acceptors (Lipinski definition) is 5. The maximum atomic E-state index is 13.2. The Kier molecular flexibility index (Phi) is 6.16. The smallest absolute Gasteiger partial charge is 0.303 e. The van der Waals surface area contributed by atoms with Crippen molar-refractivity contribution in [2.75, 3.05) is 10.0 Å². The van der Waals surface area contributed by atoms with E-state index in [0.29, 0.717) is 47.3 Å². The lowest BCUT2D eigenvalue weighted by molar-refractivity contribution is -0.137. The second-order valence-corrected chi connectivity index (χ2v) is 10.6. The zero-order valence-electron chi connectivity index (χ0n) is 19.4. The summed E-state index contributed by atoms with van der Waals surface area (Å²) in [5.74, 6) is -2.04. The number of Topliss-reactive ketones (excluding diaryl/α,β-unsaturated/α-hetero) is 1. The fourth-order valence-corrected chi connectivity index (χ4v) is 5.72. The molecule has 0 radical (unpaired) electrons. The molecule has 0 unspecified atom stereocenters. The molecule has 9 nitrogen and oxygen atoms in total. The summed E-state index contributed by atoms with van der Waals surface area (Å²) in [7, 11) is -4.01. The van der Waals surface area contributed by atoms with Crippen LogP contribution in [0.1, 0.15) is 52.1 Å². The molecular weight excluding hydrogens is 501 g/mol. The van der Waals surface area contributed by atoms with Gasteiger partial charge >= 0.3 is 5.97 Å². The number of anilines is 2. The molecule has 4 N–H and O–H groups in total. The number of carbonyl (C=O) groups is 3. The topological polar surface area (TPSA) is 145 Å². The lowest BCUT2D eigenvalue weighted by Gasteiger charge is -2.11. The van der Waals surface area contributed by atoms with E-state index in [0.717, 1.165) is 30.0 Å². The third kappa shape index (κ3) is 4.77. The van der Waals surface area contributed by atoms with Crippen LogP contribution in [0.15, 0.2) is 47.4 Å². The number of amides is 1. The molecule has 2 heterocycles. The first kappa shape index (κ1) is 24.4. The van der Waals surface area contributed by atoms with E-state index in [-0.39, 0.29) is 34.8 Å². The molecule has 0 bridgehead atoms. The van der Waals surface area contributed by atoms with Crippen molar-refractivity contribution in [3.05, 3.63) is 76.4 Å². The van der Waals surface area contributed by atoms with Gasteiger partial charge in [0.05, 0.1) is 10.5 Å². The van der Waals surface area contributed by atoms with Crippen molar-refractivity contribution in [3.63, 3.8) is 0 Å². The van der Waals surface area contributed by atoms with Crippen molar-refractivity contribution in [1.29, 1.82) is 0 Å². The van der Waals surface area contributed by atoms with Gasteiger partial charge in [0.15, 0.2) is 5.78 Å². The second kappa shape index (κ2) is 9.32. The van der Waals surface area contributed by atoms with Crippen LogP contribution in [-0.4, -0.2) is 36.2 Å². The summed E-state index contributed by atoms with van der Waals surface area (Å²) >= 11 is 0. The first-order valence-corrected chi connectivity index (χ1v) is 13.1. The van der Waals surface area contributed by atoms with E-state index in [9.17, 15) is 32.3 Å². The number of sulfonamides is 1. The van der Waals surface area contributed by atoms with Gasteiger partial charge in [-0.15, -0.1) is 0 Å². The minimum Gasteiger partial charge on any atom is -0.481 e. The highest BCUT2D eigenvalue weighted by molar-refractivity contribution is 7.92. The number of hydrogen-bond donors (Lipinski definition) is 4. The summed E-state index contributed by atoms with van der Waals surface area (Å²) in [6.07, 6.45) is 3.22. The van der Waals surface area contributed by atoms with Crippen molar-refractivity contribution < 1.29 is 32.3 Å². The molecule has 2 aliphatic rings. The lowest BCUT2D eigenvalue weighted by atomic mass is 9.91. The first-order valence-electron chi connectivity index (χ1n) is 11.6. The molecule has 0 spiro atoms. The quantitative estimate of drug-likeness (QED) is 0.345. The van der Waals surface area contributed by atoms with Crippen molar-refractivity contribution in [2.45, 2.75) is 37.0 Å². The highest BCUT2D eigenvalue weighted by atomic mass is 32.2. The van der Waals surface area contributed by atoms with Gasteiger partial charge in [0, 0.05) is 46.7 Å². The first-order chi connectivity index (χ1) is 17.6. The lowest BCUT2D eigenvalue weighted by Crippen LogP contribution is -2.13. The maximum absolute atomic E-state index is 13.2. The highest BCUT2D eigenvalue weighted by Gasteiger charge is 2.29. The Morgan fingerprint density at radius 3 is 2.59 bits per heavy atom. The fraction of sp³-hybridized carbons (Fsp3) is 0.192. The zero-order chi connectivity index (χ0) is 26.3.